The number of hydrogen-bond donors (Lipinski definition) is 1. The Balaban J connectivity index is 2.58. The molecule has 1 aromatic rings. The van der Waals surface area contributed by atoms with Crippen LogP contribution in [0.25, 0.3) is 0 Å². The van der Waals surface area contributed by atoms with Gasteiger partial charge in [0.2, 0.25) is 5.91 Å². The van der Waals surface area contributed by atoms with E-state index in [2.05, 4.69) is 0 Å². The van der Waals surface area contributed by atoms with Crippen LogP contribution < -0.4 is 4.72 Å². The molecule has 0 aliphatic heterocycles. The van der Waals surface area contributed by atoms with Crippen LogP contribution in [0.2, 0.25) is 0 Å². The quantitative estimate of drug-likeness (QED) is 0.816. The number of amides is 1. The molecule has 0 atom stereocenters. The molecule has 0 fully saturated rings. The number of sulfonamides is 1. The molecule has 4 nitrogen and oxygen atoms in total. The van der Waals surface area contributed by atoms with Gasteiger partial charge in [-0.25, -0.2) is 13.1 Å². The minimum absolute atomic E-state index is 0.0374. The Morgan fingerprint density at radius 3 is 2.53 bits per heavy atom. The molecule has 1 N–H and O–H groups in total. The fraction of sp³-hybridized carbons (Fsp3) is 0.357. The van der Waals surface area contributed by atoms with Crippen LogP contribution in [-0.2, 0) is 14.8 Å². The number of rotatable bonds is 6. The van der Waals surface area contributed by atoms with Crippen molar-refractivity contribution in [3.63, 3.8) is 0 Å². The first-order valence-electron chi connectivity index (χ1n) is 6.97. The molecule has 0 saturated heterocycles. The molecule has 0 spiro atoms. The molecular formula is C14H19NO3S. The van der Waals surface area contributed by atoms with Gasteiger partial charge in [0.15, 0.2) is 0 Å². The second-order valence-electron chi connectivity index (χ2n) is 4.48. The van der Waals surface area contributed by atoms with Gasteiger partial charge in [-0.05, 0) is 38.8 Å². The van der Waals surface area contributed by atoms with Crippen molar-refractivity contribution in [2.45, 2.75) is 38.0 Å². The summed E-state index contributed by atoms with van der Waals surface area (Å²) in [5.41, 5.74) is 1.51. The Morgan fingerprint density at radius 1 is 1.32 bits per heavy atom. The van der Waals surface area contributed by atoms with Gasteiger partial charge in [-0.15, -0.1) is 6.53 Å². The van der Waals surface area contributed by atoms with Crippen molar-refractivity contribution in [3.05, 3.63) is 41.9 Å². The van der Waals surface area contributed by atoms with E-state index in [1.54, 1.807) is 19.1 Å². The number of allylic oxidation sites excluding steroid dienone is 1. The first kappa shape index (κ1) is 12.4. The summed E-state index contributed by atoms with van der Waals surface area (Å²) in [6.45, 7) is 3.23. The van der Waals surface area contributed by atoms with Crippen LogP contribution in [0.1, 0.15) is 34.5 Å². The largest absolute Gasteiger partial charge is 0.274 e. The number of hydrogen-bond acceptors (Lipinski definition) is 3. The standard InChI is InChI=1S/C14H19NO3S/c1-11(2)5-4-6-14(16)15-19(17,18)13-9-7-12(3)8-10-13/h7-10H,1,4-6H2,2-3H3,(H,15,16)/i1D2. The van der Waals surface area contributed by atoms with Crippen LogP contribution in [0.4, 0.5) is 0 Å². The summed E-state index contributed by atoms with van der Waals surface area (Å²) >= 11 is 0. The Bertz CT molecular complexity index is 633. The highest BCUT2D eigenvalue weighted by Gasteiger charge is 2.16. The number of aryl methyl sites for hydroxylation is 1. The van der Waals surface area contributed by atoms with E-state index in [1.807, 2.05) is 11.6 Å². The van der Waals surface area contributed by atoms with Gasteiger partial charge in [0.1, 0.15) is 0 Å². The Labute approximate surface area is 117 Å². The van der Waals surface area contributed by atoms with Gasteiger partial charge in [-0.3, -0.25) is 4.79 Å². The maximum Gasteiger partial charge on any atom is 0.264 e. The third-order valence-corrected chi connectivity index (χ3v) is 3.92. The second kappa shape index (κ2) is 6.52. The van der Waals surface area contributed by atoms with Crippen molar-refractivity contribution in [2.24, 2.45) is 0 Å². The van der Waals surface area contributed by atoms with Crippen molar-refractivity contribution >= 4 is 15.9 Å². The highest BCUT2D eigenvalue weighted by Crippen LogP contribution is 2.10. The third kappa shape index (κ3) is 5.26. The number of carbonyl (C=O) groups is 1. The van der Waals surface area contributed by atoms with Crippen molar-refractivity contribution in [3.8, 4) is 0 Å². The average molecular weight is 283 g/mol. The molecule has 19 heavy (non-hydrogen) atoms. The van der Waals surface area contributed by atoms with Gasteiger partial charge in [-0.1, -0.05) is 23.3 Å². The topological polar surface area (TPSA) is 63.2 Å². The van der Waals surface area contributed by atoms with Crippen molar-refractivity contribution < 1.29 is 16.0 Å². The van der Waals surface area contributed by atoms with Crippen LogP contribution in [0.3, 0.4) is 0 Å². The van der Waals surface area contributed by atoms with Gasteiger partial charge in [-0.2, -0.15) is 0 Å². The van der Waals surface area contributed by atoms with Gasteiger partial charge < -0.3 is 0 Å². The summed E-state index contributed by atoms with van der Waals surface area (Å²) in [5, 5.41) is 0. The lowest BCUT2D eigenvalue weighted by molar-refractivity contribution is -0.119. The zero-order valence-electron chi connectivity index (χ0n) is 13.1. The second-order valence-corrected chi connectivity index (χ2v) is 6.16. The predicted molar refractivity (Wildman–Crippen MR) is 75.2 cm³/mol. The summed E-state index contributed by atoms with van der Waals surface area (Å²) in [6, 6.07) is 6.23. The van der Waals surface area contributed by atoms with E-state index in [9.17, 15) is 13.2 Å². The molecule has 0 aliphatic rings. The minimum atomic E-state index is -3.83. The average Bonchev–Trinajstić information content (AvgIpc) is 2.38. The summed E-state index contributed by atoms with van der Waals surface area (Å²) in [4.78, 5) is 11.7. The molecule has 0 saturated carbocycles. The molecule has 0 radical (unpaired) electrons. The molecule has 0 heterocycles. The zero-order chi connectivity index (χ0) is 16.0. The molecule has 0 aliphatic carbocycles. The van der Waals surface area contributed by atoms with Crippen molar-refractivity contribution in [2.75, 3.05) is 0 Å². The molecule has 0 aromatic heterocycles. The maximum absolute atomic E-state index is 12.0. The summed E-state index contributed by atoms with van der Waals surface area (Å²) in [5.74, 6) is -0.583. The van der Waals surface area contributed by atoms with Gasteiger partial charge in [0.05, 0.1) is 7.64 Å². The van der Waals surface area contributed by atoms with E-state index in [-0.39, 0.29) is 17.8 Å². The smallest absolute Gasteiger partial charge is 0.264 e. The van der Waals surface area contributed by atoms with E-state index in [4.69, 9.17) is 2.74 Å². The van der Waals surface area contributed by atoms with E-state index < -0.39 is 15.9 Å². The normalized spacial score (nSPS) is 12.3. The van der Waals surface area contributed by atoms with Crippen LogP contribution in [0.5, 0.6) is 0 Å². The summed E-state index contributed by atoms with van der Waals surface area (Å²) in [6.07, 6.45) is 0.873. The first-order chi connectivity index (χ1) is 9.72. The molecule has 1 aromatic carbocycles. The molecule has 0 unspecified atom stereocenters. The van der Waals surface area contributed by atoms with Crippen LogP contribution in [-0.4, -0.2) is 14.3 Å². The molecule has 0 bridgehead atoms. The zero-order valence-corrected chi connectivity index (χ0v) is 11.9. The molecular weight excluding hydrogens is 262 g/mol. The van der Waals surface area contributed by atoms with Crippen LogP contribution >= 0.6 is 0 Å². The molecule has 1 rings (SSSR count). The first-order valence-corrected chi connectivity index (χ1v) is 7.46. The lowest BCUT2D eigenvalue weighted by Crippen LogP contribution is -2.30. The Hall–Kier alpha value is -1.62. The van der Waals surface area contributed by atoms with E-state index in [0.717, 1.165) is 5.56 Å². The SMILES string of the molecule is [2H]C([2H])=C(C)CCCC(=O)NS(=O)(=O)c1ccc(C)cc1. The summed E-state index contributed by atoms with van der Waals surface area (Å²) in [7, 11) is -3.83. The Morgan fingerprint density at radius 2 is 1.95 bits per heavy atom. The highest BCUT2D eigenvalue weighted by atomic mass is 32.2. The lowest BCUT2D eigenvalue weighted by atomic mass is 10.1. The summed E-state index contributed by atoms with van der Waals surface area (Å²) < 4.78 is 40.1. The third-order valence-electron chi connectivity index (χ3n) is 2.54. The van der Waals surface area contributed by atoms with Crippen LogP contribution in [0.15, 0.2) is 41.3 Å². The van der Waals surface area contributed by atoms with Crippen LogP contribution in [0, 0.1) is 6.92 Å². The molecule has 1 amide bonds. The van der Waals surface area contributed by atoms with Gasteiger partial charge in [0.25, 0.3) is 10.0 Å². The van der Waals surface area contributed by atoms with E-state index >= 15 is 0 Å². The van der Waals surface area contributed by atoms with Gasteiger partial charge >= 0.3 is 0 Å². The Kier molecular flexibility index (Phi) is 4.26. The van der Waals surface area contributed by atoms with E-state index in [0.29, 0.717) is 18.4 Å². The van der Waals surface area contributed by atoms with Crippen molar-refractivity contribution in [1.82, 2.24) is 4.72 Å². The fourth-order valence-corrected chi connectivity index (χ4v) is 2.51. The number of carbonyl (C=O) groups excluding carboxylic acids is 1. The maximum atomic E-state index is 12.0. The molecule has 104 valence electrons. The minimum Gasteiger partial charge on any atom is -0.274 e. The van der Waals surface area contributed by atoms with Gasteiger partial charge in [0, 0.05) is 6.42 Å². The highest BCUT2D eigenvalue weighted by molar-refractivity contribution is 7.90. The predicted octanol–water partition coefficient (Wildman–Crippen LogP) is 2.55. The molecule has 5 heteroatoms. The number of nitrogens with one attached hydrogen (secondary N) is 1. The van der Waals surface area contributed by atoms with Crippen molar-refractivity contribution in [1.29, 1.82) is 0 Å². The lowest BCUT2D eigenvalue weighted by Gasteiger charge is -2.07. The van der Waals surface area contributed by atoms with E-state index in [1.165, 1.54) is 12.1 Å². The number of benzene rings is 1. The fourth-order valence-electron chi connectivity index (χ4n) is 1.49. The monoisotopic (exact) mass is 283 g/mol.